The maximum atomic E-state index is 13.7. The van der Waals surface area contributed by atoms with Gasteiger partial charge in [-0.15, -0.1) is 0 Å². The summed E-state index contributed by atoms with van der Waals surface area (Å²) in [5.41, 5.74) is 0. The summed E-state index contributed by atoms with van der Waals surface area (Å²) < 4.78 is 44.3. The topological polar surface area (TPSA) is 84.0 Å². The van der Waals surface area contributed by atoms with Gasteiger partial charge in [-0.1, -0.05) is 12.1 Å². The van der Waals surface area contributed by atoms with Gasteiger partial charge in [-0.2, -0.15) is 4.31 Å². The smallest absolute Gasteiger partial charge is 0.417 e. The van der Waals surface area contributed by atoms with Crippen molar-refractivity contribution in [2.45, 2.75) is 17.4 Å². The monoisotopic (exact) mass is 328 g/mol. The third kappa shape index (κ3) is 2.35. The predicted octanol–water partition coefficient (Wildman–Crippen LogP) is 0.568. The van der Waals surface area contributed by atoms with E-state index < -0.39 is 38.8 Å². The molecule has 3 rings (SSSR count). The van der Waals surface area contributed by atoms with E-state index in [1.165, 1.54) is 18.2 Å². The van der Waals surface area contributed by atoms with Crippen molar-refractivity contribution in [2.75, 3.05) is 19.7 Å². The van der Waals surface area contributed by atoms with E-state index in [4.69, 9.17) is 0 Å². The van der Waals surface area contributed by atoms with Crippen molar-refractivity contribution < 1.29 is 27.1 Å². The first-order valence-corrected chi connectivity index (χ1v) is 8.09. The molecule has 0 spiro atoms. The summed E-state index contributed by atoms with van der Waals surface area (Å²) in [5, 5.41) is 0. The molecule has 0 N–H and O–H groups in total. The molecule has 2 aliphatic heterocycles. The molecule has 2 amide bonds. The van der Waals surface area contributed by atoms with E-state index in [-0.39, 0.29) is 19.7 Å². The molecule has 0 aliphatic carbocycles. The fourth-order valence-corrected chi connectivity index (χ4v) is 4.21. The van der Waals surface area contributed by atoms with Gasteiger partial charge in [-0.05, 0) is 18.6 Å². The molecule has 0 saturated carbocycles. The summed E-state index contributed by atoms with van der Waals surface area (Å²) in [6.45, 7) is -0.273. The molecule has 2 fully saturated rings. The zero-order valence-electron chi connectivity index (χ0n) is 11.4. The molecule has 1 unspecified atom stereocenters. The molecule has 0 bridgehead atoms. The van der Waals surface area contributed by atoms with Gasteiger partial charge in [0.2, 0.25) is 10.0 Å². The van der Waals surface area contributed by atoms with Crippen LogP contribution in [-0.2, 0) is 19.6 Å². The second kappa shape index (κ2) is 5.33. The number of halogens is 1. The van der Waals surface area contributed by atoms with Crippen molar-refractivity contribution in [2.24, 2.45) is 0 Å². The van der Waals surface area contributed by atoms with Crippen LogP contribution in [0.15, 0.2) is 29.2 Å². The van der Waals surface area contributed by atoms with E-state index in [0.29, 0.717) is 6.42 Å². The normalized spacial score (nSPS) is 23.1. The van der Waals surface area contributed by atoms with Crippen LogP contribution in [0.5, 0.6) is 0 Å². The standard InChI is InChI=1S/C13H13FN2O5S/c14-10-3-1-2-4-11(10)22(19,20)15-6-5-9(7-15)16-12(17)8-21-13(16)18/h1-4,9H,5-8H2. The number of benzene rings is 1. The van der Waals surface area contributed by atoms with E-state index in [1.807, 2.05) is 0 Å². The molecule has 2 saturated heterocycles. The number of carbonyl (C=O) groups excluding carboxylic acids is 2. The van der Waals surface area contributed by atoms with Gasteiger partial charge in [0.1, 0.15) is 10.7 Å². The molecule has 1 atom stereocenters. The molecule has 1 aromatic rings. The van der Waals surface area contributed by atoms with Crippen LogP contribution in [0.3, 0.4) is 0 Å². The summed E-state index contributed by atoms with van der Waals surface area (Å²) in [7, 11) is -4.00. The molecule has 118 valence electrons. The fourth-order valence-electron chi connectivity index (χ4n) is 2.65. The molecular formula is C13H13FN2O5S. The van der Waals surface area contributed by atoms with Gasteiger partial charge in [0.25, 0.3) is 5.91 Å². The van der Waals surface area contributed by atoms with Gasteiger partial charge >= 0.3 is 6.09 Å². The van der Waals surface area contributed by atoms with E-state index >= 15 is 0 Å². The van der Waals surface area contributed by atoms with Gasteiger partial charge in [-0.3, -0.25) is 4.79 Å². The number of sulfonamides is 1. The second-order valence-corrected chi connectivity index (χ2v) is 6.96. The Labute approximate surface area is 126 Å². The highest BCUT2D eigenvalue weighted by Crippen LogP contribution is 2.26. The lowest BCUT2D eigenvalue weighted by atomic mass is 10.2. The Bertz CT molecular complexity index is 720. The Kier molecular flexibility index (Phi) is 3.61. The zero-order valence-corrected chi connectivity index (χ0v) is 12.3. The number of nitrogens with zero attached hydrogens (tertiary/aromatic N) is 2. The molecule has 22 heavy (non-hydrogen) atoms. The quantitative estimate of drug-likeness (QED) is 0.810. The highest BCUT2D eigenvalue weighted by atomic mass is 32.2. The second-order valence-electron chi connectivity index (χ2n) is 5.05. The number of hydrogen-bond donors (Lipinski definition) is 0. The van der Waals surface area contributed by atoms with Crippen molar-refractivity contribution in [3.05, 3.63) is 30.1 Å². The predicted molar refractivity (Wildman–Crippen MR) is 71.8 cm³/mol. The van der Waals surface area contributed by atoms with Crippen LogP contribution in [0.25, 0.3) is 0 Å². The largest absolute Gasteiger partial charge is 0.439 e. The maximum Gasteiger partial charge on any atom is 0.417 e. The number of cyclic esters (lactones) is 1. The Morgan fingerprint density at radius 3 is 2.59 bits per heavy atom. The van der Waals surface area contributed by atoms with Gasteiger partial charge in [0, 0.05) is 13.1 Å². The third-order valence-electron chi connectivity index (χ3n) is 3.73. The summed E-state index contributed by atoms with van der Waals surface area (Å²) in [6.07, 6.45) is -0.464. The highest BCUT2D eigenvalue weighted by Gasteiger charge is 2.43. The van der Waals surface area contributed by atoms with E-state index in [9.17, 15) is 22.4 Å². The average Bonchev–Trinajstić information content (AvgIpc) is 3.06. The highest BCUT2D eigenvalue weighted by molar-refractivity contribution is 7.89. The minimum Gasteiger partial charge on any atom is -0.439 e. The molecule has 2 aliphatic rings. The van der Waals surface area contributed by atoms with Crippen LogP contribution < -0.4 is 0 Å². The van der Waals surface area contributed by atoms with Crippen LogP contribution in [0, 0.1) is 5.82 Å². The number of ether oxygens (including phenoxy) is 1. The summed E-state index contributed by atoms with van der Waals surface area (Å²) >= 11 is 0. The number of imide groups is 1. The van der Waals surface area contributed by atoms with Crippen molar-refractivity contribution in [3.63, 3.8) is 0 Å². The summed E-state index contributed by atoms with van der Waals surface area (Å²) in [4.78, 5) is 23.6. The SMILES string of the molecule is O=C1COC(=O)N1C1CCN(S(=O)(=O)c2ccccc2F)C1. The maximum absolute atomic E-state index is 13.7. The minimum atomic E-state index is -4.00. The van der Waals surface area contributed by atoms with Crippen LogP contribution >= 0.6 is 0 Å². The number of hydrogen-bond acceptors (Lipinski definition) is 5. The van der Waals surface area contributed by atoms with Crippen LogP contribution in [0.4, 0.5) is 9.18 Å². The molecule has 0 aromatic heterocycles. The minimum absolute atomic E-state index is 0.0580. The fraction of sp³-hybridized carbons (Fsp3) is 0.385. The van der Waals surface area contributed by atoms with Crippen molar-refractivity contribution in [1.82, 2.24) is 9.21 Å². The molecule has 2 heterocycles. The number of amides is 2. The zero-order chi connectivity index (χ0) is 15.9. The Morgan fingerprint density at radius 1 is 1.23 bits per heavy atom. The molecular weight excluding hydrogens is 315 g/mol. The third-order valence-corrected chi connectivity index (χ3v) is 5.63. The van der Waals surface area contributed by atoms with Gasteiger partial charge in [0.15, 0.2) is 6.61 Å². The van der Waals surface area contributed by atoms with E-state index in [0.717, 1.165) is 15.3 Å². The molecule has 1 aromatic carbocycles. The van der Waals surface area contributed by atoms with Gasteiger partial charge in [0.05, 0.1) is 6.04 Å². The summed E-state index contributed by atoms with van der Waals surface area (Å²) in [5.74, 6) is -1.32. The lowest BCUT2D eigenvalue weighted by Gasteiger charge is -2.20. The van der Waals surface area contributed by atoms with Crippen LogP contribution in [0.2, 0.25) is 0 Å². The van der Waals surface area contributed by atoms with Gasteiger partial charge in [-0.25, -0.2) is 22.5 Å². The number of carbonyl (C=O) groups is 2. The Hall–Kier alpha value is -2.00. The van der Waals surface area contributed by atoms with Gasteiger partial charge < -0.3 is 4.74 Å². The first-order valence-electron chi connectivity index (χ1n) is 6.65. The average molecular weight is 328 g/mol. The molecule has 9 heteroatoms. The summed E-state index contributed by atoms with van der Waals surface area (Å²) in [6, 6.07) is 4.52. The lowest BCUT2D eigenvalue weighted by molar-refractivity contribution is -0.127. The molecule has 7 nitrogen and oxygen atoms in total. The van der Waals surface area contributed by atoms with Crippen molar-refractivity contribution >= 4 is 22.0 Å². The van der Waals surface area contributed by atoms with Crippen LogP contribution in [-0.4, -0.2) is 55.4 Å². The van der Waals surface area contributed by atoms with Crippen LogP contribution in [0.1, 0.15) is 6.42 Å². The first-order chi connectivity index (χ1) is 10.4. The first kappa shape index (κ1) is 14.9. The lowest BCUT2D eigenvalue weighted by Crippen LogP contribution is -2.42. The van der Waals surface area contributed by atoms with E-state index in [2.05, 4.69) is 4.74 Å². The molecule has 0 radical (unpaired) electrons. The Morgan fingerprint density at radius 2 is 1.95 bits per heavy atom. The number of rotatable bonds is 3. The van der Waals surface area contributed by atoms with Crippen molar-refractivity contribution in [1.29, 1.82) is 0 Å². The van der Waals surface area contributed by atoms with Crippen molar-refractivity contribution in [3.8, 4) is 0 Å². The van der Waals surface area contributed by atoms with E-state index in [1.54, 1.807) is 0 Å². The Balaban J connectivity index is 1.82.